The second-order valence-electron chi connectivity index (χ2n) is 2.36. The highest BCUT2D eigenvalue weighted by molar-refractivity contribution is 7.47. The minimum absolute atomic E-state index is 0.168. The third-order valence-electron chi connectivity index (χ3n) is 1.32. The van der Waals surface area contributed by atoms with E-state index in [4.69, 9.17) is 4.89 Å². The molecule has 0 aromatic rings. The van der Waals surface area contributed by atoms with Crippen molar-refractivity contribution in [3.05, 3.63) is 0 Å². The van der Waals surface area contributed by atoms with Gasteiger partial charge in [-0.25, -0.2) is 4.57 Å². The molecule has 0 bridgehead atoms. The Balaban J connectivity index is 2.55. The van der Waals surface area contributed by atoms with E-state index in [1.54, 1.807) is 6.92 Å². The topological polar surface area (TPSA) is 55.8 Å². The van der Waals surface area contributed by atoms with Gasteiger partial charge in [0.1, 0.15) is 0 Å². The van der Waals surface area contributed by atoms with Gasteiger partial charge in [0.2, 0.25) is 0 Å². The first-order chi connectivity index (χ1) is 4.60. The van der Waals surface area contributed by atoms with Crippen LogP contribution in [0.25, 0.3) is 0 Å². The molecule has 1 heterocycles. The molecule has 0 radical (unpaired) electrons. The van der Waals surface area contributed by atoms with Crippen LogP contribution >= 0.6 is 7.82 Å². The molecule has 0 aromatic carbocycles. The van der Waals surface area contributed by atoms with Gasteiger partial charge in [-0.3, -0.25) is 9.05 Å². The van der Waals surface area contributed by atoms with Crippen LogP contribution in [0.1, 0.15) is 19.8 Å². The Hall–Kier alpha value is 0.110. The van der Waals surface area contributed by atoms with Crippen LogP contribution in [0.4, 0.5) is 0 Å². The van der Waals surface area contributed by atoms with Gasteiger partial charge in [-0.1, -0.05) is 0 Å². The molecule has 1 N–H and O–H groups in total. The van der Waals surface area contributed by atoms with Crippen molar-refractivity contribution in [3.8, 4) is 0 Å². The van der Waals surface area contributed by atoms with Gasteiger partial charge in [-0.15, -0.1) is 0 Å². The molecular weight excluding hydrogens is 155 g/mol. The number of phosphoric ester groups is 1. The zero-order chi connectivity index (χ0) is 7.61. The van der Waals surface area contributed by atoms with E-state index >= 15 is 0 Å². The van der Waals surface area contributed by atoms with Crippen molar-refractivity contribution in [2.75, 3.05) is 6.61 Å². The third-order valence-corrected chi connectivity index (χ3v) is 2.46. The fraction of sp³-hybridized carbons (Fsp3) is 1.00. The van der Waals surface area contributed by atoms with Crippen molar-refractivity contribution in [2.45, 2.75) is 25.9 Å². The molecule has 0 saturated carbocycles. The van der Waals surface area contributed by atoms with Gasteiger partial charge in [-0.05, 0) is 19.8 Å². The maximum absolute atomic E-state index is 10.8. The molecule has 2 unspecified atom stereocenters. The summed E-state index contributed by atoms with van der Waals surface area (Å²) in [6.07, 6.45) is 1.40. The first-order valence-electron chi connectivity index (χ1n) is 3.26. The Morgan fingerprint density at radius 2 is 2.40 bits per heavy atom. The van der Waals surface area contributed by atoms with Crippen LogP contribution in [0.3, 0.4) is 0 Å². The molecule has 1 aliphatic rings. The highest BCUT2D eigenvalue weighted by atomic mass is 31.2. The molecule has 0 amide bonds. The van der Waals surface area contributed by atoms with Crippen LogP contribution in [-0.2, 0) is 13.6 Å². The van der Waals surface area contributed by atoms with E-state index in [2.05, 4.69) is 9.05 Å². The van der Waals surface area contributed by atoms with Crippen molar-refractivity contribution in [3.63, 3.8) is 0 Å². The first kappa shape index (κ1) is 8.21. The second kappa shape index (κ2) is 3.01. The third kappa shape index (κ3) is 2.39. The van der Waals surface area contributed by atoms with Crippen LogP contribution in [0.15, 0.2) is 0 Å². The molecule has 0 spiro atoms. The van der Waals surface area contributed by atoms with E-state index in [1.807, 2.05) is 0 Å². The summed E-state index contributed by atoms with van der Waals surface area (Å²) in [5.74, 6) is 0. The average Bonchev–Trinajstić information content (AvgIpc) is 1.90. The Bertz CT molecular complexity index is 158. The highest BCUT2D eigenvalue weighted by Crippen LogP contribution is 2.46. The zero-order valence-electron chi connectivity index (χ0n) is 5.82. The molecule has 1 saturated heterocycles. The van der Waals surface area contributed by atoms with Gasteiger partial charge < -0.3 is 4.89 Å². The molecule has 0 aromatic heterocycles. The van der Waals surface area contributed by atoms with Crippen molar-refractivity contribution < 1.29 is 18.5 Å². The summed E-state index contributed by atoms with van der Waals surface area (Å²) in [6.45, 7) is 2.08. The Morgan fingerprint density at radius 1 is 1.70 bits per heavy atom. The molecule has 1 rings (SSSR count). The lowest BCUT2D eigenvalue weighted by atomic mass is 10.2. The summed E-state index contributed by atoms with van der Waals surface area (Å²) in [7, 11) is -3.69. The van der Waals surface area contributed by atoms with Crippen molar-refractivity contribution >= 4 is 7.82 Å². The molecule has 5 heteroatoms. The fourth-order valence-corrected chi connectivity index (χ4v) is 1.84. The maximum atomic E-state index is 10.8. The van der Waals surface area contributed by atoms with Gasteiger partial charge >= 0.3 is 7.82 Å². The van der Waals surface area contributed by atoms with Crippen molar-refractivity contribution in [1.82, 2.24) is 0 Å². The lowest BCUT2D eigenvalue weighted by Crippen LogP contribution is -2.02. The monoisotopic (exact) mass is 166 g/mol. The standard InChI is InChI=1S/C5H11O4P/c1-5-3-2-4-8-10(6,7)9-5/h5H,2-4H2,1H3,(H,6,7). The van der Waals surface area contributed by atoms with E-state index < -0.39 is 7.82 Å². The summed E-state index contributed by atoms with van der Waals surface area (Å²) in [6, 6.07) is 0. The minimum Gasteiger partial charge on any atom is -0.302 e. The Labute approximate surface area is 59.8 Å². The zero-order valence-corrected chi connectivity index (χ0v) is 6.71. The van der Waals surface area contributed by atoms with Gasteiger partial charge in [0.15, 0.2) is 0 Å². The SMILES string of the molecule is CC1CCCOP(=O)(O)O1. The molecule has 2 atom stereocenters. The maximum Gasteiger partial charge on any atom is 0.472 e. The van der Waals surface area contributed by atoms with Crippen molar-refractivity contribution in [1.29, 1.82) is 0 Å². The van der Waals surface area contributed by atoms with E-state index in [0.717, 1.165) is 12.8 Å². The Morgan fingerprint density at radius 3 is 3.10 bits per heavy atom. The quantitative estimate of drug-likeness (QED) is 0.551. The minimum atomic E-state index is -3.69. The van der Waals surface area contributed by atoms with E-state index in [9.17, 15) is 4.57 Å². The summed E-state index contributed by atoms with van der Waals surface area (Å²) in [5.41, 5.74) is 0. The molecule has 0 aliphatic carbocycles. The van der Waals surface area contributed by atoms with Crippen LogP contribution in [0, 0.1) is 0 Å². The van der Waals surface area contributed by atoms with Crippen LogP contribution in [0.2, 0.25) is 0 Å². The molecular formula is C5H11O4P. The fourth-order valence-electron chi connectivity index (χ4n) is 0.861. The largest absolute Gasteiger partial charge is 0.472 e. The van der Waals surface area contributed by atoms with Gasteiger partial charge in [-0.2, -0.15) is 0 Å². The number of rotatable bonds is 0. The molecule has 1 aliphatic heterocycles. The van der Waals surface area contributed by atoms with Gasteiger partial charge in [0, 0.05) is 0 Å². The summed E-state index contributed by atoms with van der Waals surface area (Å²) in [4.78, 5) is 8.84. The van der Waals surface area contributed by atoms with Crippen LogP contribution in [0.5, 0.6) is 0 Å². The summed E-state index contributed by atoms with van der Waals surface area (Å²) < 4.78 is 20.0. The van der Waals surface area contributed by atoms with Crippen LogP contribution < -0.4 is 0 Å². The Kier molecular flexibility index (Phi) is 2.47. The lowest BCUT2D eigenvalue weighted by Gasteiger charge is -2.10. The number of phosphoric acid groups is 1. The van der Waals surface area contributed by atoms with E-state index in [1.165, 1.54) is 0 Å². The molecule has 4 nitrogen and oxygen atoms in total. The van der Waals surface area contributed by atoms with Crippen molar-refractivity contribution in [2.24, 2.45) is 0 Å². The molecule has 60 valence electrons. The average molecular weight is 166 g/mol. The van der Waals surface area contributed by atoms with Gasteiger partial charge in [0.25, 0.3) is 0 Å². The first-order valence-corrected chi connectivity index (χ1v) is 4.75. The molecule has 10 heavy (non-hydrogen) atoms. The second-order valence-corrected chi connectivity index (χ2v) is 3.77. The predicted molar refractivity (Wildman–Crippen MR) is 35.6 cm³/mol. The summed E-state index contributed by atoms with van der Waals surface area (Å²) in [5, 5.41) is 0. The van der Waals surface area contributed by atoms with Crippen LogP contribution in [-0.4, -0.2) is 17.6 Å². The van der Waals surface area contributed by atoms with E-state index in [-0.39, 0.29) is 6.10 Å². The number of hydrogen-bond acceptors (Lipinski definition) is 3. The van der Waals surface area contributed by atoms with Gasteiger partial charge in [0.05, 0.1) is 12.7 Å². The summed E-state index contributed by atoms with van der Waals surface area (Å²) >= 11 is 0. The van der Waals surface area contributed by atoms with E-state index in [0.29, 0.717) is 6.61 Å². The number of hydrogen-bond donors (Lipinski definition) is 1. The highest BCUT2D eigenvalue weighted by Gasteiger charge is 2.26. The lowest BCUT2D eigenvalue weighted by molar-refractivity contribution is 0.138. The normalized spacial score (nSPS) is 42.8. The predicted octanol–water partition coefficient (Wildman–Crippen LogP) is 1.30. The smallest absolute Gasteiger partial charge is 0.302 e. The molecule has 1 fully saturated rings.